The van der Waals surface area contributed by atoms with E-state index >= 15 is 0 Å². The first-order valence-corrected chi connectivity index (χ1v) is 7.87. The Hall–Kier alpha value is -2.44. The van der Waals surface area contributed by atoms with E-state index in [2.05, 4.69) is 15.3 Å². The number of nitrogens with zero attached hydrogens (tertiary/aromatic N) is 4. The maximum Gasteiger partial charge on any atom is 0.267 e. The van der Waals surface area contributed by atoms with Crippen molar-refractivity contribution in [1.82, 2.24) is 24.9 Å². The third kappa shape index (κ3) is 3.33. The number of H-pyrrole nitrogens is 1. The predicted octanol–water partition coefficient (Wildman–Crippen LogP) is 0.989. The Bertz CT molecular complexity index is 764. The van der Waals surface area contributed by atoms with E-state index in [1.165, 1.54) is 10.7 Å². The van der Waals surface area contributed by atoms with Crippen molar-refractivity contribution >= 4 is 5.91 Å². The molecule has 1 fully saturated rings. The minimum absolute atomic E-state index is 0.00477. The van der Waals surface area contributed by atoms with Gasteiger partial charge >= 0.3 is 0 Å². The first kappa shape index (κ1) is 15.5. The molecule has 0 saturated carbocycles. The standard InChI is InChI=1S/C16H21N5O2/c1-11-8-17-18-16(11)13-4-3-7-20(9-13)15(23)10-21-14(22)6-5-12(2)19-21/h5-6,8,13H,3-4,7,9-10H2,1-2H3,(H,17,18)/t13-/m0/s1. The van der Waals surface area contributed by atoms with Crippen molar-refractivity contribution in [2.24, 2.45) is 0 Å². The Morgan fingerprint density at radius 2 is 2.22 bits per heavy atom. The van der Waals surface area contributed by atoms with Crippen LogP contribution in [0.15, 0.2) is 23.1 Å². The lowest BCUT2D eigenvalue weighted by molar-refractivity contribution is -0.133. The average Bonchev–Trinajstić information content (AvgIpc) is 2.97. The summed E-state index contributed by atoms with van der Waals surface area (Å²) in [6.07, 6.45) is 3.80. The molecule has 2 aromatic heterocycles. The Balaban J connectivity index is 1.71. The number of likely N-dealkylation sites (tertiary alicyclic amines) is 1. The third-order valence-electron chi connectivity index (χ3n) is 4.34. The van der Waals surface area contributed by atoms with E-state index in [0.29, 0.717) is 6.54 Å². The summed E-state index contributed by atoms with van der Waals surface area (Å²) in [4.78, 5) is 26.2. The highest BCUT2D eigenvalue weighted by atomic mass is 16.2. The molecule has 1 atom stereocenters. The van der Waals surface area contributed by atoms with Gasteiger partial charge in [0.05, 0.1) is 11.9 Å². The SMILES string of the molecule is Cc1ccc(=O)n(CC(=O)N2CCC[C@H](c3[nH]ncc3C)C2)n1. The molecule has 0 radical (unpaired) electrons. The fourth-order valence-electron chi connectivity index (χ4n) is 3.10. The number of hydrogen-bond donors (Lipinski definition) is 1. The van der Waals surface area contributed by atoms with E-state index in [-0.39, 0.29) is 23.9 Å². The van der Waals surface area contributed by atoms with Crippen LogP contribution in [0.25, 0.3) is 0 Å². The van der Waals surface area contributed by atoms with Crippen LogP contribution in [0.5, 0.6) is 0 Å². The molecule has 2 aromatic rings. The quantitative estimate of drug-likeness (QED) is 0.915. The highest BCUT2D eigenvalue weighted by molar-refractivity contribution is 5.76. The van der Waals surface area contributed by atoms with Gasteiger partial charge in [-0.3, -0.25) is 14.7 Å². The summed E-state index contributed by atoms with van der Waals surface area (Å²) >= 11 is 0. The van der Waals surface area contributed by atoms with Gasteiger partial charge in [0.15, 0.2) is 0 Å². The van der Waals surface area contributed by atoms with E-state index in [9.17, 15) is 9.59 Å². The zero-order chi connectivity index (χ0) is 16.4. The van der Waals surface area contributed by atoms with Gasteiger partial charge in [0, 0.05) is 30.8 Å². The summed E-state index contributed by atoms with van der Waals surface area (Å²) < 4.78 is 1.24. The molecule has 0 spiro atoms. The van der Waals surface area contributed by atoms with Gasteiger partial charge in [0.2, 0.25) is 5.91 Å². The lowest BCUT2D eigenvalue weighted by Crippen LogP contribution is -2.42. The van der Waals surface area contributed by atoms with Crippen LogP contribution >= 0.6 is 0 Å². The van der Waals surface area contributed by atoms with Crippen LogP contribution in [-0.4, -0.2) is 43.9 Å². The highest BCUT2D eigenvalue weighted by Gasteiger charge is 2.26. The van der Waals surface area contributed by atoms with Crippen LogP contribution in [-0.2, 0) is 11.3 Å². The molecule has 1 aliphatic heterocycles. The summed E-state index contributed by atoms with van der Waals surface area (Å²) in [7, 11) is 0. The van der Waals surface area contributed by atoms with Gasteiger partial charge < -0.3 is 4.90 Å². The molecular formula is C16H21N5O2. The summed E-state index contributed by atoms with van der Waals surface area (Å²) in [6, 6.07) is 3.10. The van der Waals surface area contributed by atoms with E-state index < -0.39 is 0 Å². The second-order valence-corrected chi connectivity index (χ2v) is 6.12. The molecule has 23 heavy (non-hydrogen) atoms. The topological polar surface area (TPSA) is 83.9 Å². The fraction of sp³-hybridized carbons (Fsp3) is 0.500. The second kappa shape index (κ2) is 6.36. The average molecular weight is 315 g/mol. The van der Waals surface area contributed by atoms with Crippen LogP contribution in [0, 0.1) is 13.8 Å². The van der Waals surface area contributed by atoms with Crippen molar-refractivity contribution in [1.29, 1.82) is 0 Å². The largest absolute Gasteiger partial charge is 0.340 e. The molecule has 0 aliphatic carbocycles. The minimum atomic E-state index is -0.248. The molecule has 0 unspecified atom stereocenters. The van der Waals surface area contributed by atoms with Gasteiger partial charge in [-0.15, -0.1) is 0 Å². The lowest BCUT2D eigenvalue weighted by atomic mass is 9.93. The van der Waals surface area contributed by atoms with Crippen molar-refractivity contribution in [3.63, 3.8) is 0 Å². The number of aromatic nitrogens is 4. The van der Waals surface area contributed by atoms with Crippen LogP contribution in [0.3, 0.4) is 0 Å². The normalized spacial score (nSPS) is 18.2. The maximum atomic E-state index is 12.5. The number of amides is 1. The van der Waals surface area contributed by atoms with E-state index in [1.54, 1.807) is 13.0 Å². The van der Waals surface area contributed by atoms with Crippen molar-refractivity contribution in [2.45, 2.75) is 39.2 Å². The van der Waals surface area contributed by atoms with E-state index in [1.807, 2.05) is 18.0 Å². The molecule has 1 saturated heterocycles. The molecule has 1 aliphatic rings. The molecule has 1 amide bonds. The van der Waals surface area contributed by atoms with Gasteiger partial charge in [-0.05, 0) is 38.3 Å². The summed E-state index contributed by atoms with van der Waals surface area (Å²) in [6.45, 7) is 5.20. The van der Waals surface area contributed by atoms with Gasteiger partial charge in [-0.2, -0.15) is 10.2 Å². The van der Waals surface area contributed by atoms with Gasteiger partial charge in [-0.25, -0.2) is 4.68 Å². The van der Waals surface area contributed by atoms with E-state index in [4.69, 9.17) is 0 Å². The molecular weight excluding hydrogens is 294 g/mol. The number of aromatic amines is 1. The summed E-state index contributed by atoms with van der Waals surface area (Å²) in [5.74, 6) is 0.212. The summed E-state index contributed by atoms with van der Waals surface area (Å²) in [5.41, 5.74) is 2.71. The number of nitrogens with one attached hydrogen (secondary N) is 1. The summed E-state index contributed by atoms with van der Waals surface area (Å²) in [5, 5.41) is 11.2. The zero-order valence-electron chi connectivity index (χ0n) is 13.5. The van der Waals surface area contributed by atoms with Crippen LogP contribution in [0.2, 0.25) is 0 Å². The third-order valence-corrected chi connectivity index (χ3v) is 4.34. The van der Waals surface area contributed by atoms with E-state index in [0.717, 1.165) is 36.3 Å². The Morgan fingerprint density at radius 1 is 1.39 bits per heavy atom. The molecule has 0 aromatic carbocycles. The Morgan fingerprint density at radius 3 is 2.96 bits per heavy atom. The van der Waals surface area contributed by atoms with Crippen LogP contribution < -0.4 is 5.56 Å². The number of piperidine rings is 1. The first-order valence-electron chi connectivity index (χ1n) is 7.87. The first-order chi connectivity index (χ1) is 11.0. The van der Waals surface area contributed by atoms with Gasteiger partial charge in [-0.1, -0.05) is 0 Å². The molecule has 0 bridgehead atoms. The molecule has 1 N–H and O–H groups in total. The van der Waals surface area contributed by atoms with Crippen LogP contribution in [0.4, 0.5) is 0 Å². The number of carbonyl (C=O) groups is 1. The molecule has 7 nitrogen and oxygen atoms in total. The molecule has 3 heterocycles. The second-order valence-electron chi connectivity index (χ2n) is 6.12. The molecule has 7 heteroatoms. The van der Waals surface area contributed by atoms with Crippen molar-refractivity contribution in [2.75, 3.05) is 13.1 Å². The predicted molar refractivity (Wildman–Crippen MR) is 85.1 cm³/mol. The zero-order valence-corrected chi connectivity index (χ0v) is 13.5. The van der Waals surface area contributed by atoms with Crippen molar-refractivity contribution in [3.05, 3.63) is 45.6 Å². The fourth-order valence-corrected chi connectivity index (χ4v) is 3.10. The van der Waals surface area contributed by atoms with Crippen LogP contribution in [0.1, 0.15) is 35.7 Å². The number of aryl methyl sites for hydroxylation is 2. The monoisotopic (exact) mass is 315 g/mol. The van der Waals surface area contributed by atoms with Gasteiger partial charge in [0.25, 0.3) is 5.56 Å². The molecule has 122 valence electrons. The van der Waals surface area contributed by atoms with Gasteiger partial charge in [0.1, 0.15) is 6.54 Å². The van der Waals surface area contributed by atoms with Crippen molar-refractivity contribution < 1.29 is 4.79 Å². The molecule has 3 rings (SSSR count). The number of rotatable bonds is 3. The number of hydrogen-bond acceptors (Lipinski definition) is 4. The Kier molecular flexibility index (Phi) is 4.27. The minimum Gasteiger partial charge on any atom is -0.340 e. The number of carbonyl (C=O) groups excluding carboxylic acids is 1. The lowest BCUT2D eigenvalue weighted by Gasteiger charge is -2.32. The maximum absolute atomic E-state index is 12.5. The van der Waals surface area contributed by atoms with Crippen molar-refractivity contribution in [3.8, 4) is 0 Å². The highest BCUT2D eigenvalue weighted by Crippen LogP contribution is 2.27. The Labute approximate surface area is 134 Å². The smallest absolute Gasteiger partial charge is 0.267 e.